The lowest BCUT2D eigenvalue weighted by atomic mass is 9.94. The average molecular weight is 756 g/mol. The van der Waals surface area contributed by atoms with E-state index in [9.17, 15) is 25.2 Å². The van der Waals surface area contributed by atoms with E-state index in [0.717, 1.165) is 70.8 Å². The maximum Gasteiger partial charge on any atom is 0.254 e. The monoisotopic (exact) mass is 755 g/mol. The van der Waals surface area contributed by atoms with Gasteiger partial charge in [0.25, 0.3) is 5.91 Å². The second-order valence-electron chi connectivity index (χ2n) is 14.0. The van der Waals surface area contributed by atoms with E-state index >= 15 is 0 Å². The second kappa shape index (κ2) is 18.0. The number of para-hydroxylation sites is 1. The van der Waals surface area contributed by atoms with Crippen molar-refractivity contribution in [1.82, 2.24) is 15.2 Å². The Bertz CT molecular complexity index is 1640. The minimum Gasteiger partial charge on any atom is -0.490 e. The lowest BCUT2D eigenvalue weighted by Gasteiger charge is -2.37. The molecule has 2 aromatic carbocycles. The van der Waals surface area contributed by atoms with E-state index in [-0.39, 0.29) is 11.6 Å². The van der Waals surface area contributed by atoms with Gasteiger partial charge in [0.1, 0.15) is 24.1 Å². The predicted octanol–water partition coefficient (Wildman–Crippen LogP) is 4.04. The van der Waals surface area contributed by atoms with E-state index in [4.69, 9.17) is 26.2 Å². The van der Waals surface area contributed by atoms with E-state index in [1.54, 1.807) is 16.7 Å². The van der Waals surface area contributed by atoms with Gasteiger partial charge in [-0.05, 0) is 104 Å². The van der Waals surface area contributed by atoms with E-state index < -0.39 is 36.9 Å². The number of hydrogen-bond donors (Lipinski definition) is 6. The number of pyridine rings is 1. The van der Waals surface area contributed by atoms with E-state index in [0.29, 0.717) is 56.7 Å². The summed E-state index contributed by atoms with van der Waals surface area (Å²) >= 11 is 8.41. The first kappa shape index (κ1) is 38.9. The molecule has 282 valence electrons. The van der Waals surface area contributed by atoms with Crippen molar-refractivity contribution in [1.29, 1.82) is 0 Å². The summed E-state index contributed by atoms with van der Waals surface area (Å²) in [6.07, 6.45) is 3.52. The van der Waals surface area contributed by atoms with Gasteiger partial charge in [0, 0.05) is 65.8 Å². The molecule has 52 heavy (non-hydrogen) atoms. The molecule has 3 aliphatic rings. The van der Waals surface area contributed by atoms with Crippen LogP contribution in [0.2, 0.25) is 5.02 Å². The Hall–Kier alpha value is -2.78. The number of rotatable bonds is 19. The molecule has 2 aliphatic carbocycles. The molecular formula is C39H50ClN3O8S. The van der Waals surface area contributed by atoms with Gasteiger partial charge < -0.3 is 45.2 Å². The molecule has 4 atom stereocenters. The molecule has 1 amide bonds. The standard InChI is InChI=1S/C39H50ClN3O8S/c40-32-10-9-28(52-20-4-3-17-43(26-12-18-50-19-13-26)38(49)37(48)36(47)35(46)33(45)24-44)21-25(32)22-42-39(14-15-39)31-23-41-16-11-29(31)30-5-1-2-6-34(30)51-27-7-8-27/h1-2,5-6,9-11,16,21,23,26-27,33,35-37,42,44-48H,3-4,7-8,12-15,17-20,22,24H2. The highest BCUT2D eigenvalue weighted by atomic mass is 35.5. The van der Waals surface area contributed by atoms with Crippen LogP contribution in [0.1, 0.15) is 62.5 Å². The Labute approximate surface area is 314 Å². The van der Waals surface area contributed by atoms with Crippen LogP contribution in [0.3, 0.4) is 0 Å². The lowest BCUT2D eigenvalue weighted by Crippen LogP contribution is -2.55. The zero-order valence-corrected chi connectivity index (χ0v) is 30.9. The highest BCUT2D eigenvalue weighted by molar-refractivity contribution is 7.99. The molecule has 0 radical (unpaired) electrons. The number of aliphatic hydroxyl groups is 5. The van der Waals surface area contributed by atoms with Crippen molar-refractivity contribution in [3.8, 4) is 16.9 Å². The molecule has 1 aliphatic heterocycles. The molecule has 13 heteroatoms. The van der Waals surface area contributed by atoms with Gasteiger partial charge in [-0.15, -0.1) is 11.8 Å². The van der Waals surface area contributed by atoms with Crippen molar-refractivity contribution in [3.05, 3.63) is 77.1 Å². The molecule has 2 heterocycles. The SMILES string of the molecule is O=C(C(O)C(O)C(O)C(O)CO)N(CCCCSc1ccc(Cl)c(CNC2(c3cnccc3-c3ccccc3OC3CC3)CC2)c1)C1CCOCC1. The molecule has 1 aromatic heterocycles. The Balaban J connectivity index is 1.04. The maximum atomic E-state index is 13.3. The van der Waals surface area contributed by atoms with Gasteiger partial charge in [-0.25, -0.2) is 0 Å². The maximum absolute atomic E-state index is 13.3. The molecule has 6 N–H and O–H groups in total. The molecule has 0 bridgehead atoms. The fraction of sp³-hybridized carbons (Fsp3) is 0.538. The van der Waals surface area contributed by atoms with E-state index in [1.165, 1.54) is 0 Å². The number of benzene rings is 2. The van der Waals surface area contributed by atoms with Crippen LogP contribution in [0.5, 0.6) is 5.75 Å². The number of unbranched alkanes of at least 4 members (excludes halogenated alkanes) is 1. The third-order valence-electron chi connectivity index (χ3n) is 10.2. The van der Waals surface area contributed by atoms with Crippen LogP contribution in [0.4, 0.5) is 0 Å². The summed E-state index contributed by atoms with van der Waals surface area (Å²) in [4.78, 5) is 20.5. The van der Waals surface area contributed by atoms with Gasteiger partial charge in [0.15, 0.2) is 6.10 Å². The van der Waals surface area contributed by atoms with E-state index in [1.807, 2.05) is 42.7 Å². The minimum absolute atomic E-state index is 0.176. The van der Waals surface area contributed by atoms with Crippen LogP contribution in [0.15, 0.2) is 65.8 Å². The van der Waals surface area contributed by atoms with Crippen molar-refractivity contribution in [2.45, 2.75) is 105 Å². The summed E-state index contributed by atoms with van der Waals surface area (Å²) in [5.74, 6) is 0.992. The van der Waals surface area contributed by atoms with Crippen molar-refractivity contribution >= 4 is 29.3 Å². The molecule has 0 spiro atoms. The zero-order chi connectivity index (χ0) is 36.7. The van der Waals surface area contributed by atoms with Crippen molar-refractivity contribution in [3.63, 3.8) is 0 Å². The largest absolute Gasteiger partial charge is 0.490 e. The predicted molar refractivity (Wildman–Crippen MR) is 199 cm³/mol. The van der Waals surface area contributed by atoms with Gasteiger partial charge in [-0.3, -0.25) is 9.78 Å². The molecular weight excluding hydrogens is 706 g/mol. The molecule has 3 aromatic rings. The molecule has 1 saturated heterocycles. The van der Waals surface area contributed by atoms with Crippen LogP contribution >= 0.6 is 23.4 Å². The zero-order valence-electron chi connectivity index (χ0n) is 29.3. The lowest BCUT2D eigenvalue weighted by molar-refractivity contribution is -0.162. The Kier molecular flexibility index (Phi) is 13.5. The highest BCUT2D eigenvalue weighted by Gasteiger charge is 2.46. The molecule has 6 rings (SSSR count). The topological polar surface area (TPSA) is 165 Å². The average Bonchev–Trinajstić information content (AvgIpc) is 4.13. The van der Waals surface area contributed by atoms with Crippen LogP contribution in [0.25, 0.3) is 11.1 Å². The summed E-state index contributed by atoms with van der Waals surface area (Å²) < 4.78 is 11.7. The Morgan fingerprint density at radius 3 is 2.52 bits per heavy atom. The van der Waals surface area contributed by atoms with E-state index in [2.05, 4.69) is 28.5 Å². The van der Waals surface area contributed by atoms with Crippen molar-refractivity contribution < 1.29 is 39.8 Å². The Morgan fingerprint density at radius 1 is 1.02 bits per heavy atom. The number of ether oxygens (including phenoxy) is 2. The second-order valence-corrected chi connectivity index (χ2v) is 15.6. The Morgan fingerprint density at radius 2 is 1.79 bits per heavy atom. The fourth-order valence-corrected chi connectivity index (χ4v) is 7.92. The first-order valence-electron chi connectivity index (χ1n) is 18.3. The molecule has 3 fully saturated rings. The van der Waals surface area contributed by atoms with Crippen LogP contribution < -0.4 is 10.1 Å². The van der Waals surface area contributed by atoms with Crippen molar-refractivity contribution in [2.24, 2.45) is 0 Å². The first-order valence-corrected chi connectivity index (χ1v) is 19.7. The molecule has 4 unspecified atom stereocenters. The van der Waals surface area contributed by atoms with Crippen LogP contribution in [-0.2, 0) is 21.6 Å². The molecule has 2 saturated carbocycles. The number of halogens is 1. The fourth-order valence-electron chi connectivity index (χ4n) is 6.76. The van der Waals surface area contributed by atoms with Crippen LogP contribution in [0, 0.1) is 0 Å². The number of carbonyl (C=O) groups excluding carboxylic acids is 1. The summed E-state index contributed by atoms with van der Waals surface area (Å²) in [6.45, 7) is 1.11. The number of thioether (sulfide) groups is 1. The number of aromatic nitrogens is 1. The third kappa shape index (κ3) is 9.65. The summed E-state index contributed by atoms with van der Waals surface area (Å²) in [7, 11) is 0. The first-order chi connectivity index (χ1) is 25.2. The highest BCUT2D eigenvalue weighted by Crippen LogP contribution is 2.50. The van der Waals surface area contributed by atoms with Gasteiger partial charge in [-0.2, -0.15) is 0 Å². The third-order valence-corrected chi connectivity index (χ3v) is 11.6. The summed E-state index contributed by atoms with van der Waals surface area (Å²) in [6, 6.07) is 16.2. The number of aliphatic hydroxyl groups excluding tert-OH is 5. The number of nitrogens with zero attached hydrogens (tertiary/aromatic N) is 2. The quantitative estimate of drug-likeness (QED) is 0.0773. The summed E-state index contributed by atoms with van der Waals surface area (Å²) in [5.41, 5.74) is 4.20. The van der Waals surface area contributed by atoms with Crippen LogP contribution in [-0.4, -0.2) is 110 Å². The van der Waals surface area contributed by atoms with Gasteiger partial charge in [0.05, 0.1) is 12.7 Å². The van der Waals surface area contributed by atoms with Gasteiger partial charge in [-0.1, -0.05) is 29.8 Å². The number of hydrogen-bond acceptors (Lipinski definition) is 11. The van der Waals surface area contributed by atoms with Crippen molar-refractivity contribution in [2.75, 3.05) is 32.1 Å². The van der Waals surface area contributed by atoms with Gasteiger partial charge in [0.2, 0.25) is 0 Å². The smallest absolute Gasteiger partial charge is 0.254 e. The number of amides is 1. The normalized spacial score (nSPS) is 19.4. The number of nitrogens with one attached hydrogen (secondary N) is 1. The summed E-state index contributed by atoms with van der Waals surface area (Å²) in [5, 5.41) is 54.4. The minimum atomic E-state index is -1.94. The number of carbonyl (C=O) groups is 1. The molecule has 11 nitrogen and oxygen atoms in total. The van der Waals surface area contributed by atoms with Gasteiger partial charge >= 0.3 is 0 Å².